The highest BCUT2D eigenvalue weighted by Crippen LogP contribution is 2.49. The number of nitrogens with two attached hydrogens (primary N) is 1. The van der Waals surface area contributed by atoms with Gasteiger partial charge in [-0.3, -0.25) is 4.90 Å². The van der Waals surface area contributed by atoms with Crippen molar-refractivity contribution < 1.29 is 46.1 Å². The van der Waals surface area contributed by atoms with E-state index in [0.717, 1.165) is 31.3 Å². The molecular formula is C24H17F4N3O6. The van der Waals surface area contributed by atoms with Crippen molar-refractivity contribution >= 4 is 17.6 Å². The second-order valence-electron chi connectivity index (χ2n) is 7.70. The standard InChI is InChI=1S/C24H17F4N3O6/c1-34-21(32)18-17(12-6-4-3-5-7-12)14(11-29)20(30)31(19(18)22(33)35-2)13-8-9-16-15(10-13)23(25,26)37-24(27,28)36-16/h3-10,17H,30H2,1-2H3. The predicted octanol–water partition coefficient (Wildman–Crippen LogP) is 3.59. The Morgan fingerprint density at radius 2 is 1.70 bits per heavy atom. The summed E-state index contributed by atoms with van der Waals surface area (Å²) in [5.74, 6) is -4.65. The van der Waals surface area contributed by atoms with Crippen molar-refractivity contribution in [2.24, 2.45) is 5.73 Å². The lowest BCUT2D eigenvalue weighted by Gasteiger charge is -2.37. The van der Waals surface area contributed by atoms with Crippen LogP contribution in [-0.2, 0) is 29.9 Å². The molecule has 2 aromatic carbocycles. The third-order valence-electron chi connectivity index (χ3n) is 5.62. The van der Waals surface area contributed by atoms with Crippen LogP contribution in [0.15, 0.2) is 71.2 Å². The molecule has 9 nitrogen and oxygen atoms in total. The SMILES string of the molecule is COC(=O)C1=C(C(=O)OC)N(c2ccc3c(c2)C(F)(F)OC(F)(F)O3)C(N)=C(C#N)C1c1ccccc1. The fourth-order valence-electron chi connectivity index (χ4n) is 4.11. The van der Waals surface area contributed by atoms with E-state index >= 15 is 0 Å². The molecule has 0 fully saturated rings. The lowest BCUT2D eigenvalue weighted by Crippen LogP contribution is -2.42. The van der Waals surface area contributed by atoms with Gasteiger partial charge in [-0.2, -0.15) is 14.0 Å². The number of ether oxygens (including phenoxy) is 4. The minimum Gasteiger partial charge on any atom is -0.466 e. The average molecular weight is 519 g/mol. The number of allylic oxidation sites excluding steroid dienone is 1. The molecule has 1 unspecified atom stereocenters. The molecule has 0 aromatic heterocycles. The van der Waals surface area contributed by atoms with E-state index in [-0.39, 0.29) is 16.8 Å². The maximum Gasteiger partial charge on any atom is 0.540 e. The molecule has 0 spiro atoms. The normalized spacial score (nSPS) is 19.9. The number of halogens is 4. The van der Waals surface area contributed by atoms with Gasteiger partial charge in [0.15, 0.2) is 0 Å². The summed E-state index contributed by atoms with van der Waals surface area (Å²) in [7, 11) is 2.04. The Labute approximate surface area is 206 Å². The number of anilines is 1. The van der Waals surface area contributed by atoms with E-state index in [1.807, 2.05) is 6.07 Å². The third-order valence-corrected chi connectivity index (χ3v) is 5.62. The van der Waals surface area contributed by atoms with E-state index in [0.29, 0.717) is 11.6 Å². The zero-order chi connectivity index (χ0) is 27.1. The van der Waals surface area contributed by atoms with Crippen molar-refractivity contribution in [2.45, 2.75) is 18.3 Å². The molecule has 13 heteroatoms. The molecule has 37 heavy (non-hydrogen) atoms. The van der Waals surface area contributed by atoms with Gasteiger partial charge in [0.1, 0.15) is 17.3 Å². The average Bonchev–Trinajstić information content (AvgIpc) is 2.86. The minimum absolute atomic E-state index is 0.220. The number of nitriles is 1. The highest BCUT2D eigenvalue weighted by molar-refractivity contribution is 6.06. The predicted molar refractivity (Wildman–Crippen MR) is 117 cm³/mol. The van der Waals surface area contributed by atoms with E-state index in [2.05, 4.69) is 9.47 Å². The Bertz CT molecular complexity index is 1380. The molecule has 0 amide bonds. The van der Waals surface area contributed by atoms with Crippen LogP contribution in [0.4, 0.5) is 23.2 Å². The van der Waals surface area contributed by atoms with Gasteiger partial charge in [-0.25, -0.2) is 14.3 Å². The molecule has 2 N–H and O–H groups in total. The van der Waals surface area contributed by atoms with Gasteiger partial charge in [0.2, 0.25) is 0 Å². The van der Waals surface area contributed by atoms with Crippen LogP contribution in [0.25, 0.3) is 0 Å². The summed E-state index contributed by atoms with van der Waals surface area (Å²) in [6.45, 7) is 0. The maximum absolute atomic E-state index is 14.5. The first-order valence-corrected chi connectivity index (χ1v) is 10.4. The first-order valence-electron chi connectivity index (χ1n) is 10.4. The summed E-state index contributed by atoms with van der Waals surface area (Å²) >= 11 is 0. The van der Waals surface area contributed by atoms with E-state index < -0.39 is 53.1 Å². The highest BCUT2D eigenvalue weighted by atomic mass is 19.3. The number of hydrogen-bond donors (Lipinski definition) is 1. The molecule has 2 heterocycles. The molecule has 0 bridgehead atoms. The second kappa shape index (κ2) is 9.14. The fraction of sp³-hybridized carbons (Fsp3) is 0.208. The lowest BCUT2D eigenvalue weighted by atomic mass is 9.81. The molecule has 2 aromatic rings. The summed E-state index contributed by atoms with van der Waals surface area (Å²) in [6, 6.07) is 12.5. The van der Waals surface area contributed by atoms with E-state index in [1.54, 1.807) is 30.3 Å². The molecule has 1 atom stereocenters. The first-order chi connectivity index (χ1) is 17.5. The summed E-state index contributed by atoms with van der Waals surface area (Å²) in [4.78, 5) is 26.8. The Morgan fingerprint density at radius 3 is 2.30 bits per heavy atom. The molecule has 0 saturated carbocycles. The number of carbonyl (C=O) groups excluding carboxylic acids is 2. The number of esters is 2. The second-order valence-corrected chi connectivity index (χ2v) is 7.70. The van der Waals surface area contributed by atoms with Crippen LogP contribution in [0.1, 0.15) is 17.0 Å². The number of benzene rings is 2. The van der Waals surface area contributed by atoms with Crippen LogP contribution in [0.3, 0.4) is 0 Å². The van der Waals surface area contributed by atoms with Crippen LogP contribution >= 0.6 is 0 Å². The Morgan fingerprint density at radius 1 is 1.05 bits per heavy atom. The quantitative estimate of drug-likeness (QED) is 0.477. The number of fused-ring (bicyclic) bond motifs is 1. The van der Waals surface area contributed by atoms with Crippen molar-refractivity contribution in [3.05, 3.63) is 82.3 Å². The minimum atomic E-state index is -4.60. The molecule has 2 aliphatic rings. The lowest BCUT2D eigenvalue weighted by molar-refractivity contribution is -0.461. The molecule has 0 radical (unpaired) electrons. The molecular weight excluding hydrogens is 502 g/mol. The molecule has 2 aliphatic heterocycles. The number of carbonyl (C=O) groups is 2. The van der Waals surface area contributed by atoms with Crippen LogP contribution in [0, 0.1) is 11.3 Å². The molecule has 0 saturated heterocycles. The smallest absolute Gasteiger partial charge is 0.466 e. The zero-order valence-electron chi connectivity index (χ0n) is 19.1. The highest BCUT2D eigenvalue weighted by Gasteiger charge is 2.55. The van der Waals surface area contributed by atoms with E-state index in [4.69, 9.17) is 15.2 Å². The monoisotopic (exact) mass is 519 g/mol. The fourth-order valence-corrected chi connectivity index (χ4v) is 4.11. The topological polar surface area (TPSA) is 124 Å². The van der Waals surface area contributed by atoms with Crippen molar-refractivity contribution in [2.75, 3.05) is 19.1 Å². The van der Waals surface area contributed by atoms with Crippen LogP contribution in [-0.4, -0.2) is 32.5 Å². The number of methoxy groups -OCH3 is 2. The van der Waals surface area contributed by atoms with Crippen LogP contribution in [0.5, 0.6) is 5.75 Å². The van der Waals surface area contributed by atoms with Crippen LogP contribution < -0.4 is 15.4 Å². The molecule has 0 aliphatic carbocycles. The number of rotatable bonds is 4. The van der Waals surface area contributed by atoms with Gasteiger partial charge in [0.05, 0.1) is 42.9 Å². The van der Waals surface area contributed by atoms with Crippen molar-refractivity contribution in [1.82, 2.24) is 0 Å². The number of alkyl halides is 4. The van der Waals surface area contributed by atoms with Gasteiger partial charge in [0, 0.05) is 5.69 Å². The molecule has 192 valence electrons. The first kappa shape index (κ1) is 25.5. The van der Waals surface area contributed by atoms with Crippen molar-refractivity contribution in [1.29, 1.82) is 5.26 Å². The van der Waals surface area contributed by atoms with Gasteiger partial charge in [-0.15, -0.1) is 8.78 Å². The van der Waals surface area contributed by atoms with Gasteiger partial charge >= 0.3 is 24.3 Å². The van der Waals surface area contributed by atoms with E-state index in [1.165, 1.54) is 0 Å². The maximum atomic E-state index is 14.5. The number of nitrogens with zero attached hydrogens (tertiary/aromatic N) is 2. The van der Waals surface area contributed by atoms with Crippen molar-refractivity contribution in [3.63, 3.8) is 0 Å². The van der Waals surface area contributed by atoms with Gasteiger partial charge in [-0.1, -0.05) is 30.3 Å². The van der Waals surface area contributed by atoms with Gasteiger partial charge < -0.3 is 19.9 Å². The molecule has 4 rings (SSSR count). The Kier molecular flexibility index (Phi) is 6.30. The van der Waals surface area contributed by atoms with Gasteiger partial charge in [-0.05, 0) is 23.8 Å². The van der Waals surface area contributed by atoms with Crippen LogP contribution in [0.2, 0.25) is 0 Å². The van der Waals surface area contributed by atoms with Crippen molar-refractivity contribution in [3.8, 4) is 11.8 Å². The summed E-state index contributed by atoms with van der Waals surface area (Å²) in [5, 5.41) is 10.00. The largest absolute Gasteiger partial charge is 0.540 e. The Hall–Kier alpha value is -4.57. The Balaban J connectivity index is 2.02. The number of hydrogen-bond acceptors (Lipinski definition) is 9. The zero-order valence-corrected chi connectivity index (χ0v) is 19.1. The van der Waals surface area contributed by atoms with E-state index in [9.17, 15) is 32.4 Å². The van der Waals surface area contributed by atoms with Gasteiger partial charge in [0.25, 0.3) is 0 Å². The summed E-state index contributed by atoms with van der Waals surface area (Å²) in [6.07, 6.45) is -9.11. The summed E-state index contributed by atoms with van der Waals surface area (Å²) < 4.78 is 73.3. The summed E-state index contributed by atoms with van der Waals surface area (Å²) in [5.41, 5.74) is 4.13. The third kappa shape index (κ3) is 4.31.